The van der Waals surface area contributed by atoms with Crippen LogP contribution in [0.2, 0.25) is 0 Å². The van der Waals surface area contributed by atoms with Crippen LogP contribution < -0.4 is 0 Å². The molecule has 3 heteroatoms. The average Bonchev–Trinajstić information content (AvgIpc) is 2.01. The Hall–Kier alpha value is 0.540. The van der Waals surface area contributed by atoms with E-state index in [0.29, 0.717) is 6.42 Å². The van der Waals surface area contributed by atoms with Crippen molar-refractivity contribution in [1.82, 2.24) is 0 Å². The molecule has 0 saturated heterocycles. The highest BCUT2D eigenvalue weighted by Gasteiger charge is 2.13. The average molecular weight is 215 g/mol. The Morgan fingerprint density at radius 1 is 1.00 bits per heavy atom. The molecule has 0 atom stereocenters. The van der Waals surface area contributed by atoms with E-state index in [0.717, 1.165) is 0 Å². The molecule has 76 valence electrons. The number of halogens is 2. The van der Waals surface area contributed by atoms with Crippen molar-refractivity contribution in [2.75, 3.05) is 0 Å². The number of unbranched alkanes of at least 4 members (excludes halogenated alkanes) is 3. The smallest absolute Gasteiger partial charge is 0.214 e. The zero-order chi connectivity index (χ0) is 10.0. The number of aliphatic hydroxyl groups is 1. The van der Waals surface area contributed by atoms with Crippen LogP contribution in [0.4, 0.5) is 0 Å². The molecule has 0 spiro atoms. The molecule has 0 amide bonds. The second kappa shape index (κ2) is 9.63. The summed E-state index contributed by atoms with van der Waals surface area (Å²) < 4.78 is -1.51. The van der Waals surface area contributed by atoms with Crippen LogP contribution in [0.5, 0.6) is 0 Å². The fraction of sp³-hybridized carbons (Fsp3) is 1.00. The Bertz CT molecular complexity index is 75.1. The highest BCUT2D eigenvalue weighted by Crippen LogP contribution is 2.19. The van der Waals surface area contributed by atoms with E-state index in [1.165, 1.54) is 25.7 Å². The molecule has 0 aliphatic rings. The maximum atomic E-state index is 8.36. The van der Waals surface area contributed by atoms with Crippen molar-refractivity contribution in [2.24, 2.45) is 0 Å². The Morgan fingerprint density at radius 2 is 1.25 bits per heavy atom. The molecule has 0 aliphatic carbocycles. The van der Waals surface area contributed by atoms with Gasteiger partial charge < -0.3 is 5.11 Å². The van der Waals surface area contributed by atoms with Crippen LogP contribution in [0.25, 0.3) is 0 Å². The predicted octanol–water partition coefficient (Wildman–Crippen LogP) is 4.11. The first kappa shape index (κ1) is 15.0. The van der Waals surface area contributed by atoms with Crippen molar-refractivity contribution in [1.29, 1.82) is 0 Å². The third-order valence-electron chi connectivity index (χ3n) is 1.38. The van der Waals surface area contributed by atoms with Gasteiger partial charge in [-0.2, -0.15) is 0 Å². The van der Waals surface area contributed by atoms with Crippen LogP contribution >= 0.6 is 23.2 Å². The van der Waals surface area contributed by atoms with Gasteiger partial charge in [0.25, 0.3) is 0 Å². The molecule has 0 rings (SSSR count). The minimum absolute atomic E-state index is 0.357. The summed E-state index contributed by atoms with van der Waals surface area (Å²) in [5, 5.41) is 8.36. The van der Waals surface area contributed by atoms with Crippen molar-refractivity contribution < 1.29 is 5.11 Å². The monoisotopic (exact) mass is 214 g/mol. The fourth-order valence-corrected chi connectivity index (χ4v) is 0.500. The van der Waals surface area contributed by atoms with E-state index >= 15 is 0 Å². The largest absolute Gasteiger partial charge is 0.363 e. The highest BCUT2D eigenvalue weighted by atomic mass is 35.5. The topological polar surface area (TPSA) is 20.2 Å². The van der Waals surface area contributed by atoms with Crippen molar-refractivity contribution in [3.8, 4) is 0 Å². The number of hydrogen-bond donors (Lipinski definition) is 1. The maximum absolute atomic E-state index is 8.36. The zero-order valence-electron chi connectivity index (χ0n) is 8.24. The molecule has 0 aromatic rings. The van der Waals surface area contributed by atoms with Gasteiger partial charge in [0.15, 0.2) is 0 Å². The first-order valence-electron chi connectivity index (χ1n) is 4.58. The maximum Gasteiger partial charge on any atom is 0.214 e. The quantitative estimate of drug-likeness (QED) is 0.552. The zero-order valence-corrected chi connectivity index (χ0v) is 9.75. The SMILES string of the molecule is CCC(O)(Cl)Cl.CCCCCC. The second-order valence-electron chi connectivity index (χ2n) is 2.73. The summed E-state index contributed by atoms with van der Waals surface area (Å²) in [6.45, 7) is 6.16. The minimum atomic E-state index is -1.51. The number of alkyl halides is 2. The number of hydrogen-bond acceptors (Lipinski definition) is 1. The van der Waals surface area contributed by atoms with Gasteiger partial charge in [0.05, 0.1) is 0 Å². The van der Waals surface area contributed by atoms with Gasteiger partial charge in [0, 0.05) is 6.42 Å². The van der Waals surface area contributed by atoms with Crippen LogP contribution in [0.3, 0.4) is 0 Å². The summed E-state index contributed by atoms with van der Waals surface area (Å²) in [6, 6.07) is 0. The normalized spacial score (nSPS) is 10.5. The van der Waals surface area contributed by atoms with Gasteiger partial charge in [0.2, 0.25) is 4.52 Å². The summed E-state index contributed by atoms with van der Waals surface area (Å²) in [7, 11) is 0. The van der Waals surface area contributed by atoms with Crippen molar-refractivity contribution in [3.63, 3.8) is 0 Å². The van der Waals surface area contributed by atoms with Gasteiger partial charge in [-0.3, -0.25) is 0 Å². The molecule has 0 aromatic heterocycles. The van der Waals surface area contributed by atoms with Gasteiger partial charge in [-0.1, -0.05) is 69.7 Å². The summed E-state index contributed by atoms with van der Waals surface area (Å²) >= 11 is 10.1. The van der Waals surface area contributed by atoms with E-state index in [4.69, 9.17) is 28.3 Å². The summed E-state index contributed by atoms with van der Waals surface area (Å²) in [6.07, 6.45) is 5.89. The molecule has 12 heavy (non-hydrogen) atoms. The lowest BCUT2D eigenvalue weighted by Crippen LogP contribution is -2.06. The van der Waals surface area contributed by atoms with E-state index in [1.807, 2.05) is 0 Å². The first-order valence-corrected chi connectivity index (χ1v) is 5.33. The van der Waals surface area contributed by atoms with Gasteiger partial charge in [0.1, 0.15) is 0 Å². The standard InChI is InChI=1S/C6H14.C3H6Cl2O/c1-3-5-6-4-2;1-2-3(4,5)6/h3-6H2,1-2H3;6H,2H2,1H3. The Labute approximate surface area is 86.1 Å². The molecule has 0 unspecified atom stereocenters. The molecule has 0 fully saturated rings. The molecular weight excluding hydrogens is 195 g/mol. The lowest BCUT2D eigenvalue weighted by atomic mass is 10.2. The van der Waals surface area contributed by atoms with E-state index in [1.54, 1.807) is 6.92 Å². The number of rotatable bonds is 4. The first-order chi connectivity index (χ1) is 5.47. The molecule has 0 heterocycles. The van der Waals surface area contributed by atoms with Crippen LogP contribution in [-0.4, -0.2) is 9.63 Å². The van der Waals surface area contributed by atoms with Crippen molar-refractivity contribution in [2.45, 2.75) is 57.4 Å². The highest BCUT2D eigenvalue weighted by molar-refractivity contribution is 6.46. The van der Waals surface area contributed by atoms with E-state index < -0.39 is 4.52 Å². The van der Waals surface area contributed by atoms with Gasteiger partial charge in [-0.25, -0.2) is 0 Å². The molecule has 1 N–H and O–H groups in total. The second-order valence-corrected chi connectivity index (χ2v) is 4.17. The van der Waals surface area contributed by atoms with Crippen molar-refractivity contribution in [3.05, 3.63) is 0 Å². The molecule has 0 aliphatic heterocycles. The van der Waals surface area contributed by atoms with E-state index in [2.05, 4.69) is 13.8 Å². The molecule has 1 nitrogen and oxygen atoms in total. The van der Waals surface area contributed by atoms with Gasteiger partial charge >= 0.3 is 0 Å². The van der Waals surface area contributed by atoms with Crippen molar-refractivity contribution >= 4 is 23.2 Å². The van der Waals surface area contributed by atoms with Crippen LogP contribution in [-0.2, 0) is 0 Å². The van der Waals surface area contributed by atoms with Gasteiger partial charge in [-0.05, 0) is 0 Å². The molecule has 0 bridgehead atoms. The lowest BCUT2D eigenvalue weighted by Gasteiger charge is -2.04. The molecular formula is C9H20Cl2O. The Kier molecular flexibility index (Phi) is 12.1. The lowest BCUT2D eigenvalue weighted by molar-refractivity contribution is 0.210. The molecule has 0 radical (unpaired) electrons. The van der Waals surface area contributed by atoms with Gasteiger partial charge in [-0.15, -0.1) is 0 Å². The summed E-state index contributed by atoms with van der Waals surface area (Å²) in [5.74, 6) is 0. The van der Waals surface area contributed by atoms with Crippen LogP contribution in [0, 0.1) is 0 Å². The Balaban J connectivity index is 0. The third kappa shape index (κ3) is 22.4. The molecule has 0 aromatic carbocycles. The summed E-state index contributed by atoms with van der Waals surface area (Å²) in [4.78, 5) is 0. The van der Waals surface area contributed by atoms with Crippen LogP contribution in [0.15, 0.2) is 0 Å². The van der Waals surface area contributed by atoms with E-state index in [9.17, 15) is 0 Å². The predicted molar refractivity (Wildman–Crippen MR) is 56.8 cm³/mol. The third-order valence-corrected chi connectivity index (χ3v) is 1.92. The summed E-state index contributed by atoms with van der Waals surface area (Å²) in [5.41, 5.74) is 0. The fourth-order valence-electron chi connectivity index (χ4n) is 0.500. The van der Waals surface area contributed by atoms with E-state index in [-0.39, 0.29) is 0 Å². The van der Waals surface area contributed by atoms with Crippen LogP contribution in [0.1, 0.15) is 52.9 Å². The Morgan fingerprint density at radius 3 is 1.33 bits per heavy atom. The minimum Gasteiger partial charge on any atom is -0.363 e. The molecule has 0 saturated carbocycles.